The van der Waals surface area contributed by atoms with Crippen molar-refractivity contribution in [2.45, 2.75) is 13.5 Å². The Morgan fingerprint density at radius 3 is 2.54 bits per heavy atom. The van der Waals surface area contributed by atoms with Gasteiger partial charge in [0.25, 0.3) is 0 Å². The van der Waals surface area contributed by atoms with Crippen LogP contribution in [0.3, 0.4) is 0 Å². The Morgan fingerprint density at radius 1 is 0.929 bits per heavy atom. The lowest BCUT2D eigenvalue weighted by molar-refractivity contribution is 0.101. The van der Waals surface area contributed by atoms with Crippen LogP contribution in [0.15, 0.2) is 78.6 Å². The highest BCUT2D eigenvalue weighted by atomic mass is 16.5. The van der Waals surface area contributed by atoms with Gasteiger partial charge in [-0.2, -0.15) is 0 Å². The summed E-state index contributed by atoms with van der Waals surface area (Å²) in [7, 11) is 0. The van der Waals surface area contributed by atoms with Crippen molar-refractivity contribution in [3.05, 3.63) is 95.2 Å². The fourth-order valence-electron chi connectivity index (χ4n) is 3.03. The van der Waals surface area contributed by atoms with Crippen LogP contribution in [-0.4, -0.2) is 12.4 Å². The summed E-state index contributed by atoms with van der Waals surface area (Å²) < 4.78 is 17.3. The third-order valence-electron chi connectivity index (χ3n) is 4.40. The van der Waals surface area contributed by atoms with Gasteiger partial charge in [0.05, 0.1) is 12.2 Å². The van der Waals surface area contributed by atoms with Crippen molar-refractivity contribution in [2.24, 2.45) is 0 Å². The first-order chi connectivity index (χ1) is 13.7. The van der Waals surface area contributed by atoms with Crippen LogP contribution in [0.5, 0.6) is 17.2 Å². The molecule has 0 unspecified atom stereocenters. The van der Waals surface area contributed by atoms with Crippen LogP contribution in [0.25, 0.3) is 6.08 Å². The van der Waals surface area contributed by atoms with E-state index < -0.39 is 0 Å². The highest BCUT2D eigenvalue weighted by molar-refractivity contribution is 6.14. The largest absolute Gasteiger partial charge is 0.493 e. The zero-order chi connectivity index (χ0) is 19.3. The molecule has 4 heteroatoms. The van der Waals surface area contributed by atoms with Gasteiger partial charge >= 0.3 is 0 Å². The molecular formula is C24H20O4. The summed E-state index contributed by atoms with van der Waals surface area (Å²) >= 11 is 0. The summed E-state index contributed by atoms with van der Waals surface area (Å²) in [6.07, 6.45) is 1.72. The van der Waals surface area contributed by atoms with Crippen molar-refractivity contribution in [1.82, 2.24) is 0 Å². The van der Waals surface area contributed by atoms with Crippen molar-refractivity contribution in [2.75, 3.05) is 6.61 Å². The van der Waals surface area contributed by atoms with Crippen molar-refractivity contribution in [3.63, 3.8) is 0 Å². The number of Topliss-reactive ketones (excluding diaryl/α,β-unsaturated/α-hetero) is 1. The van der Waals surface area contributed by atoms with Crippen LogP contribution in [0.1, 0.15) is 28.4 Å². The molecule has 0 radical (unpaired) electrons. The number of ketones is 1. The number of para-hydroxylation sites is 1. The Balaban J connectivity index is 1.53. The summed E-state index contributed by atoms with van der Waals surface area (Å²) in [5.41, 5.74) is 2.42. The number of carbonyl (C=O) groups is 1. The third-order valence-corrected chi connectivity index (χ3v) is 4.40. The van der Waals surface area contributed by atoms with E-state index in [-0.39, 0.29) is 11.5 Å². The average Bonchev–Trinajstić information content (AvgIpc) is 3.04. The van der Waals surface area contributed by atoms with Crippen LogP contribution in [0, 0.1) is 0 Å². The molecule has 0 saturated carbocycles. The average molecular weight is 372 g/mol. The number of fused-ring (bicyclic) bond motifs is 1. The Hall–Kier alpha value is -3.53. The molecule has 0 aromatic heterocycles. The highest BCUT2D eigenvalue weighted by Gasteiger charge is 2.28. The predicted molar refractivity (Wildman–Crippen MR) is 108 cm³/mol. The number of rotatable bonds is 6. The minimum Gasteiger partial charge on any atom is -0.493 e. The van der Waals surface area contributed by atoms with E-state index in [9.17, 15) is 4.79 Å². The third kappa shape index (κ3) is 3.76. The topological polar surface area (TPSA) is 44.8 Å². The maximum atomic E-state index is 12.7. The molecule has 3 aromatic carbocycles. The summed E-state index contributed by atoms with van der Waals surface area (Å²) in [4.78, 5) is 12.7. The van der Waals surface area contributed by atoms with Gasteiger partial charge in [-0.05, 0) is 36.8 Å². The molecule has 0 aliphatic carbocycles. The summed E-state index contributed by atoms with van der Waals surface area (Å²) in [6, 6.07) is 22.8. The van der Waals surface area contributed by atoms with Gasteiger partial charge < -0.3 is 14.2 Å². The number of hydrogen-bond donors (Lipinski definition) is 0. The van der Waals surface area contributed by atoms with Crippen LogP contribution >= 0.6 is 0 Å². The monoisotopic (exact) mass is 372 g/mol. The predicted octanol–water partition coefficient (Wildman–Crippen LogP) is 5.28. The normalized spacial score (nSPS) is 13.9. The molecule has 0 N–H and O–H groups in total. The standard InChI is InChI=1S/C24H20O4/c1-2-26-21-11-7-6-10-18(21)14-23-24(25)20-13-12-19(15-22(20)28-23)27-16-17-8-4-3-5-9-17/h3-15H,2,16H2,1H3. The molecule has 0 fully saturated rings. The maximum Gasteiger partial charge on any atom is 0.231 e. The number of ether oxygens (including phenoxy) is 3. The van der Waals surface area contributed by atoms with Gasteiger partial charge in [-0.15, -0.1) is 0 Å². The quantitative estimate of drug-likeness (QED) is 0.552. The maximum absolute atomic E-state index is 12.7. The SMILES string of the molecule is CCOc1ccccc1C=C1Oc2cc(OCc3ccccc3)ccc2C1=O. The molecule has 4 nitrogen and oxygen atoms in total. The van der Waals surface area contributed by atoms with Gasteiger partial charge in [0, 0.05) is 11.6 Å². The Bertz CT molecular complexity index is 1020. The molecule has 140 valence electrons. The molecule has 1 heterocycles. The second kappa shape index (κ2) is 8.01. The summed E-state index contributed by atoms with van der Waals surface area (Å²) in [5.74, 6) is 2.03. The molecule has 1 aliphatic heterocycles. The first kappa shape index (κ1) is 17.9. The molecular weight excluding hydrogens is 352 g/mol. The Morgan fingerprint density at radius 2 is 1.71 bits per heavy atom. The van der Waals surface area contributed by atoms with E-state index >= 15 is 0 Å². The van der Waals surface area contributed by atoms with Crippen LogP contribution < -0.4 is 14.2 Å². The van der Waals surface area contributed by atoms with Gasteiger partial charge in [0.1, 0.15) is 23.9 Å². The molecule has 28 heavy (non-hydrogen) atoms. The van der Waals surface area contributed by atoms with E-state index in [4.69, 9.17) is 14.2 Å². The number of benzene rings is 3. The smallest absolute Gasteiger partial charge is 0.231 e. The second-order valence-electron chi connectivity index (χ2n) is 6.34. The van der Waals surface area contributed by atoms with Gasteiger partial charge in [-0.1, -0.05) is 48.5 Å². The fraction of sp³-hybridized carbons (Fsp3) is 0.125. The lowest BCUT2D eigenvalue weighted by Crippen LogP contribution is -1.99. The molecule has 0 amide bonds. The van der Waals surface area contributed by atoms with Gasteiger partial charge in [0.2, 0.25) is 5.78 Å². The number of carbonyl (C=O) groups excluding carboxylic acids is 1. The zero-order valence-corrected chi connectivity index (χ0v) is 15.6. The molecule has 1 aliphatic rings. The van der Waals surface area contributed by atoms with Gasteiger partial charge in [-0.25, -0.2) is 0 Å². The van der Waals surface area contributed by atoms with Crippen LogP contribution in [0.4, 0.5) is 0 Å². The van der Waals surface area contributed by atoms with E-state index in [2.05, 4.69) is 0 Å². The van der Waals surface area contributed by atoms with Crippen LogP contribution in [-0.2, 0) is 6.61 Å². The molecule has 3 aromatic rings. The summed E-state index contributed by atoms with van der Waals surface area (Å²) in [5, 5.41) is 0. The first-order valence-corrected chi connectivity index (χ1v) is 9.21. The van der Waals surface area contributed by atoms with Crippen molar-refractivity contribution in [3.8, 4) is 17.2 Å². The molecule has 4 rings (SSSR count). The number of allylic oxidation sites excluding steroid dienone is 1. The minimum atomic E-state index is -0.143. The van der Waals surface area contributed by atoms with E-state index in [0.29, 0.717) is 30.3 Å². The Kier molecular flexibility index (Phi) is 5.11. The Labute approximate surface area is 164 Å². The second-order valence-corrected chi connectivity index (χ2v) is 6.34. The molecule has 0 atom stereocenters. The fourth-order valence-corrected chi connectivity index (χ4v) is 3.03. The zero-order valence-electron chi connectivity index (χ0n) is 15.6. The van der Waals surface area contributed by atoms with Crippen molar-refractivity contribution < 1.29 is 19.0 Å². The van der Waals surface area contributed by atoms with E-state index in [1.54, 1.807) is 24.3 Å². The molecule has 0 saturated heterocycles. The van der Waals surface area contributed by atoms with E-state index in [0.717, 1.165) is 16.9 Å². The lowest BCUT2D eigenvalue weighted by Gasteiger charge is -2.08. The lowest BCUT2D eigenvalue weighted by atomic mass is 10.1. The van der Waals surface area contributed by atoms with E-state index in [1.807, 2.05) is 61.5 Å². The van der Waals surface area contributed by atoms with Gasteiger partial charge in [-0.3, -0.25) is 4.79 Å². The van der Waals surface area contributed by atoms with Crippen LogP contribution in [0.2, 0.25) is 0 Å². The van der Waals surface area contributed by atoms with E-state index in [1.165, 1.54) is 0 Å². The van der Waals surface area contributed by atoms with Gasteiger partial charge in [0.15, 0.2) is 5.76 Å². The minimum absolute atomic E-state index is 0.143. The van der Waals surface area contributed by atoms with Crippen molar-refractivity contribution in [1.29, 1.82) is 0 Å². The summed E-state index contributed by atoms with van der Waals surface area (Å²) in [6.45, 7) is 2.93. The van der Waals surface area contributed by atoms with Crippen molar-refractivity contribution >= 4 is 11.9 Å². The first-order valence-electron chi connectivity index (χ1n) is 9.21. The number of hydrogen-bond acceptors (Lipinski definition) is 4. The highest BCUT2D eigenvalue weighted by Crippen LogP contribution is 2.35. The molecule has 0 spiro atoms. The molecule has 0 bridgehead atoms.